The summed E-state index contributed by atoms with van der Waals surface area (Å²) in [5.74, 6) is -0.167. The molecule has 11 heteroatoms. The second-order valence-electron chi connectivity index (χ2n) is 9.63. The van der Waals surface area contributed by atoms with Crippen molar-refractivity contribution in [1.82, 2.24) is 19.7 Å². The van der Waals surface area contributed by atoms with E-state index in [1.165, 1.54) is 30.3 Å². The third kappa shape index (κ3) is 5.41. The summed E-state index contributed by atoms with van der Waals surface area (Å²) >= 11 is 12.8. The quantitative estimate of drug-likeness (QED) is 0.354. The van der Waals surface area contributed by atoms with Crippen LogP contribution in [0.15, 0.2) is 76.4 Å². The first-order chi connectivity index (χ1) is 18.6. The Morgan fingerprint density at radius 2 is 1.79 bits per heavy atom. The van der Waals surface area contributed by atoms with Gasteiger partial charge < -0.3 is 14.7 Å². The van der Waals surface area contributed by atoms with Crippen LogP contribution in [-0.2, 0) is 5.41 Å². The van der Waals surface area contributed by atoms with Crippen LogP contribution in [0, 0.1) is 0 Å². The number of carbonyl (C=O) groups excluding carboxylic acids is 1. The fourth-order valence-corrected chi connectivity index (χ4v) is 5.38. The van der Waals surface area contributed by atoms with Crippen molar-refractivity contribution in [1.29, 1.82) is 0 Å². The van der Waals surface area contributed by atoms with E-state index in [0.29, 0.717) is 13.1 Å². The van der Waals surface area contributed by atoms with Gasteiger partial charge in [-0.25, -0.2) is 4.79 Å². The van der Waals surface area contributed by atoms with Crippen LogP contribution < -0.4 is 16.0 Å². The number of piperidine rings is 1. The van der Waals surface area contributed by atoms with Crippen molar-refractivity contribution in [3.8, 4) is 22.9 Å². The topological polar surface area (TPSA) is 118 Å². The highest BCUT2D eigenvalue weighted by Gasteiger charge is 2.35. The highest BCUT2D eigenvalue weighted by molar-refractivity contribution is 6.37. The van der Waals surface area contributed by atoms with Gasteiger partial charge in [0, 0.05) is 18.5 Å². The third-order valence-corrected chi connectivity index (χ3v) is 7.37. The van der Waals surface area contributed by atoms with Gasteiger partial charge in [0.15, 0.2) is 5.75 Å². The van der Waals surface area contributed by atoms with Gasteiger partial charge >= 0.3 is 5.69 Å². The van der Waals surface area contributed by atoms with Crippen LogP contribution in [0.25, 0.3) is 5.69 Å². The number of aromatic hydroxyl groups is 1. The van der Waals surface area contributed by atoms with Crippen LogP contribution in [0.3, 0.4) is 0 Å². The molecule has 1 saturated heterocycles. The summed E-state index contributed by atoms with van der Waals surface area (Å²) in [7, 11) is 0. The monoisotopic (exact) mass is 566 g/mol. The van der Waals surface area contributed by atoms with Crippen molar-refractivity contribution in [3.63, 3.8) is 0 Å². The van der Waals surface area contributed by atoms with Crippen molar-refractivity contribution in [2.24, 2.45) is 0 Å². The number of H-pyrrole nitrogens is 1. The molecule has 1 aromatic heterocycles. The van der Waals surface area contributed by atoms with E-state index in [1.54, 1.807) is 4.90 Å². The maximum absolute atomic E-state index is 13.5. The molecule has 0 bridgehead atoms. The van der Waals surface area contributed by atoms with E-state index in [-0.39, 0.29) is 49.9 Å². The molecule has 1 fully saturated rings. The minimum absolute atomic E-state index is 0.0630. The molecular weight excluding hydrogens is 543 g/mol. The second-order valence-corrected chi connectivity index (χ2v) is 10.4. The molecule has 1 unspecified atom stereocenters. The molecule has 0 aliphatic carbocycles. The summed E-state index contributed by atoms with van der Waals surface area (Å²) in [5, 5.41) is 14.5. The number of ether oxygens (including phenoxy) is 1. The van der Waals surface area contributed by atoms with Gasteiger partial charge in [-0.3, -0.25) is 14.6 Å². The largest absolute Gasteiger partial charge is 0.507 e. The molecule has 9 nitrogen and oxygen atoms in total. The van der Waals surface area contributed by atoms with Crippen LogP contribution in [0.5, 0.6) is 17.2 Å². The molecule has 4 aromatic rings. The number of hydrogen-bond acceptors (Lipinski definition) is 6. The number of nitrogens with one attached hydrogen (secondary N) is 1. The number of likely N-dealkylation sites (tertiary alicyclic amines) is 1. The molecule has 0 spiro atoms. The van der Waals surface area contributed by atoms with Gasteiger partial charge in [0.1, 0.15) is 17.7 Å². The highest BCUT2D eigenvalue weighted by atomic mass is 35.5. The standard InChI is InChI=1S/C28H24Cl2N4O5/c1-28(17-6-3-2-4-7-17)10-5-11-33(16-28)26(37)20-14-19(8-9-23(20)35)39-25-21(29)12-18(13-22(25)30)34-27(38)32-24(36)15-31-34/h2-4,6-9,12-15,35H,5,10-11,16H2,1H3,(H,32,36,38). The first-order valence-electron chi connectivity index (χ1n) is 12.2. The van der Waals surface area contributed by atoms with E-state index < -0.39 is 11.2 Å². The Bertz CT molecular complexity index is 1650. The minimum atomic E-state index is -0.758. The van der Waals surface area contributed by atoms with Crippen LogP contribution in [-0.4, -0.2) is 43.8 Å². The van der Waals surface area contributed by atoms with E-state index in [9.17, 15) is 19.5 Å². The molecule has 200 valence electrons. The first kappa shape index (κ1) is 26.5. The fraction of sp³-hybridized carbons (Fsp3) is 0.214. The van der Waals surface area contributed by atoms with E-state index >= 15 is 0 Å². The van der Waals surface area contributed by atoms with Crippen LogP contribution in [0.1, 0.15) is 35.7 Å². The lowest BCUT2D eigenvalue weighted by Gasteiger charge is -2.41. The Hall–Kier alpha value is -4.08. The Kier molecular flexibility index (Phi) is 7.20. The molecule has 1 aliphatic heterocycles. The molecule has 5 rings (SSSR count). The highest BCUT2D eigenvalue weighted by Crippen LogP contribution is 2.40. The number of rotatable bonds is 5. The van der Waals surface area contributed by atoms with Gasteiger partial charge in [-0.15, -0.1) is 0 Å². The molecule has 0 radical (unpaired) electrons. The van der Waals surface area contributed by atoms with Crippen molar-refractivity contribution in [2.75, 3.05) is 13.1 Å². The van der Waals surface area contributed by atoms with Gasteiger partial charge in [0.05, 0.1) is 21.3 Å². The number of phenols is 1. The summed E-state index contributed by atoms with van der Waals surface area (Å²) in [6, 6.07) is 17.2. The molecule has 1 aliphatic rings. The van der Waals surface area contributed by atoms with Crippen molar-refractivity contribution < 1.29 is 14.6 Å². The molecule has 2 heterocycles. The van der Waals surface area contributed by atoms with Gasteiger partial charge in [-0.05, 0) is 48.7 Å². The second kappa shape index (κ2) is 10.6. The smallest absolute Gasteiger partial charge is 0.349 e. The van der Waals surface area contributed by atoms with Crippen molar-refractivity contribution >= 4 is 29.1 Å². The number of amides is 1. The fourth-order valence-electron chi connectivity index (χ4n) is 4.83. The van der Waals surface area contributed by atoms with Crippen LogP contribution in [0.2, 0.25) is 10.0 Å². The average molecular weight is 567 g/mol. The molecule has 3 aromatic carbocycles. The molecule has 1 atom stereocenters. The normalized spacial score (nSPS) is 17.2. The van der Waals surface area contributed by atoms with Crippen molar-refractivity contribution in [2.45, 2.75) is 25.2 Å². The summed E-state index contributed by atoms with van der Waals surface area (Å²) in [6.45, 7) is 3.23. The number of phenolic OH excluding ortho intramolecular Hbond substituents is 1. The Morgan fingerprint density at radius 1 is 1.08 bits per heavy atom. The Labute approximate surface area is 233 Å². The maximum atomic E-state index is 13.5. The number of carbonyl (C=O) groups is 1. The Morgan fingerprint density at radius 3 is 2.49 bits per heavy atom. The SMILES string of the molecule is CC1(c2ccccc2)CCCN(C(=O)c2cc(Oc3c(Cl)cc(-n4ncc(=O)[nH]c4=O)cc3Cl)ccc2O)C1. The number of nitrogens with zero attached hydrogens (tertiary/aromatic N) is 3. The summed E-state index contributed by atoms with van der Waals surface area (Å²) < 4.78 is 6.84. The maximum Gasteiger partial charge on any atom is 0.349 e. The lowest BCUT2D eigenvalue weighted by molar-refractivity contribution is 0.0647. The van der Waals surface area contributed by atoms with Gasteiger partial charge in [-0.2, -0.15) is 9.78 Å². The number of hydrogen-bond donors (Lipinski definition) is 2. The van der Waals surface area contributed by atoms with E-state index in [2.05, 4.69) is 29.1 Å². The van der Waals surface area contributed by atoms with Gasteiger partial charge in [0.25, 0.3) is 11.5 Å². The lowest BCUT2D eigenvalue weighted by atomic mass is 9.76. The van der Waals surface area contributed by atoms with Crippen LogP contribution >= 0.6 is 23.2 Å². The molecule has 1 amide bonds. The number of aromatic nitrogens is 3. The van der Waals surface area contributed by atoms with E-state index in [4.69, 9.17) is 27.9 Å². The third-order valence-electron chi connectivity index (χ3n) is 6.81. The van der Waals surface area contributed by atoms with E-state index in [0.717, 1.165) is 29.3 Å². The molecule has 39 heavy (non-hydrogen) atoms. The zero-order chi connectivity index (χ0) is 27.7. The van der Waals surface area contributed by atoms with Crippen LogP contribution in [0.4, 0.5) is 0 Å². The number of aromatic amines is 1. The Balaban J connectivity index is 1.40. The van der Waals surface area contributed by atoms with Gasteiger partial charge in [0.2, 0.25) is 0 Å². The predicted octanol–water partition coefficient (Wildman–Crippen LogP) is 4.92. The summed E-state index contributed by atoms with van der Waals surface area (Å²) in [6.07, 6.45) is 2.73. The molecule has 2 N–H and O–H groups in total. The average Bonchev–Trinajstić information content (AvgIpc) is 2.91. The molecular formula is C28H24Cl2N4O5. The lowest BCUT2D eigenvalue weighted by Crippen LogP contribution is -2.47. The van der Waals surface area contributed by atoms with Crippen molar-refractivity contribution in [3.05, 3.63) is 109 Å². The number of benzene rings is 3. The van der Waals surface area contributed by atoms with Gasteiger partial charge in [-0.1, -0.05) is 60.5 Å². The summed E-state index contributed by atoms with van der Waals surface area (Å²) in [4.78, 5) is 40.8. The number of halogens is 2. The minimum Gasteiger partial charge on any atom is -0.507 e. The first-order valence-corrected chi connectivity index (χ1v) is 12.9. The predicted molar refractivity (Wildman–Crippen MR) is 148 cm³/mol. The molecule has 0 saturated carbocycles. The zero-order valence-corrected chi connectivity index (χ0v) is 22.4. The van der Waals surface area contributed by atoms with E-state index in [1.807, 2.05) is 18.2 Å². The summed E-state index contributed by atoms with van der Waals surface area (Å²) in [5.41, 5.74) is -0.128. The zero-order valence-electron chi connectivity index (χ0n) is 20.9.